The van der Waals surface area contributed by atoms with E-state index in [9.17, 15) is 0 Å². The summed E-state index contributed by atoms with van der Waals surface area (Å²) in [6, 6.07) is 3.81. The lowest BCUT2D eigenvalue weighted by molar-refractivity contribution is 0.424. The first-order chi connectivity index (χ1) is 5.97. The van der Waals surface area contributed by atoms with Crippen LogP contribution in [0, 0.1) is 0 Å². The van der Waals surface area contributed by atoms with Gasteiger partial charge in [0.15, 0.2) is 0 Å². The lowest BCUT2D eigenvalue weighted by Crippen LogP contribution is -2.35. The first-order valence-electron chi connectivity index (χ1n) is 4.43. The number of hydrogen-bond acceptors (Lipinski definition) is 3. The Kier molecular flexibility index (Phi) is 2.88. The second-order valence-electron chi connectivity index (χ2n) is 4.19. The van der Waals surface area contributed by atoms with Crippen LogP contribution < -0.4 is 11.1 Å². The molecule has 0 aromatic carbocycles. The third kappa shape index (κ3) is 3.90. The van der Waals surface area contributed by atoms with Gasteiger partial charge in [0.1, 0.15) is 5.82 Å². The zero-order valence-corrected chi connectivity index (χ0v) is 8.46. The van der Waals surface area contributed by atoms with Gasteiger partial charge >= 0.3 is 0 Å². The van der Waals surface area contributed by atoms with Crippen molar-refractivity contribution in [1.29, 1.82) is 0 Å². The fourth-order valence-electron chi connectivity index (χ4n) is 0.908. The molecule has 1 heterocycles. The van der Waals surface area contributed by atoms with Gasteiger partial charge in [-0.15, -0.1) is 0 Å². The van der Waals surface area contributed by atoms with E-state index in [1.165, 1.54) is 0 Å². The molecule has 0 spiro atoms. The molecule has 0 aliphatic carbocycles. The van der Waals surface area contributed by atoms with E-state index in [4.69, 9.17) is 5.73 Å². The molecular formula is C10H17N3. The maximum atomic E-state index is 5.48. The van der Waals surface area contributed by atoms with E-state index in [1.807, 2.05) is 12.1 Å². The standard InChI is InChI=1S/C10H17N3/c1-10(2,3)13-7-8-4-5-9(11)12-6-8/h4-6,13H,7H2,1-3H3,(H2,11,12). The second-order valence-corrected chi connectivity index (χ2v) is 4.19. The van der Waals surface area contributed by atoms with E-state index in [1.54, 1.807) is 6.20 Å². The van der Waals surface area contributed by atoms with Crippen molar-refractivity contribution < 1.29 is 0 Å². The normalized spacial score (nSPS) is 11.6. The Bertz CT molecular complexity index is 258. The molecule has 0 aliphatic rings. The van der Waals surface area contributed by atoms with Gasteiger partial charge in [0.2, 0.25) is 0 Å². The largest absolute Gasteiger partial charge is 0.384 e. The molecular weight excluding hydrogens is 162 g/mol. The van der Waals surface area contributed by atoms with E-state index in [-0.39, 0.29) is 5.54 Å². The van der Waals surface area contributed by atoms with Crippen LogP contribution in [-0.4, -0.2) is 10.5 Å². The minimum Gasteiger partial charge on any atom is -0.384 e. The van der Waals surface area contributed by atoms with E-state index in [0.29, 0.717) is 5.82 Å². The van der Waals surface area contributed by atoms with Crippen molar-refractivity contribution in [2.24, 2.45) is 0 Å². The van der Waals surface area contributed by atoms with Gasteiger partial charge in [-0.25, -0.2) is 4.98 Å². The van der Waals surface area contributed by atoms with Crippen LogP contribution in [0.4, 0.5) is 5.82 Å². The van der Waals surface area contributed by atoms with E-state index in [0.717, 1.165) is 12.1 Å². The molecule has 0 bridgehead atoms. The van der Waals surface area contributed by atoms with Crippen LogP contribution >= 0.6 is 0 Å². The zero-order valence-electron chi connectivity index (χ0n) is 8.46. The predicted octanol–water partition coefficient (Wildman–Crippen LogP) is 1.55. The van der Waals surface area contributed by atoms with Gasteiger partial charge < -0.3 is 11.1 Å². The molecule has 3 heteroatoms. The number of nitrogens with two attached hydrogens (primary N) is 1. The van der Waals surface area contributed by atoms with Gasteiger partial charge in [-0.1, -0.05) is 6.07 Å². The molecule has 0 amide bonds. The van der Waals surface area contributed by atoms with Crippen molar-refractivity contribution in [3.05, 3.63) is 23.9 Å². The second kappa shape index (κ2) is 3.75. The molecule has 1 rings (SSSR count). The fraction of sp³-hybridized carbons (Fsp3) is 0.500. The molecule has 72 valence electrons. The Labute approximate surface area is 79.4 Å². The van der Waals surface area contributed by atoms with Gasteiger partial charge in [-0.3, -0.25) is 0 Å². The van der Waals surface area contributed by atoms with Gasteiger partial charge in [-0.05, 0) is 32.4 Å². The van der Waals surface area contributed by atoms with Crippen LogP contribution in [0.25, 0.3) is 0 Å². The summed E-state index contributed by atoms with van der Waals surface area (Å²) in [5.74, 6) is 0.569. The van der Waals surface area contributed by atoms with Crippen LogP contribution in [-0.2, 0) is 6.54 Å². The molecule has 13 heavy (non-hydrogen) atoms. The quantitative estimate of drug-likeness (QED) is 0.724. The average molecular weight is 179 g/mol. The Morgan fingerprint density at radius 2 is 2.08 bits per heavy atom. The first kappa shape index (κ1) is 9.99. The van der Waals surface area contributed by atoms with Gasteiger partial charge in [0.25, 0.3) is 0 Å². The molecule has 0 saturated carbocycles. The highest BCUT2D eigenvalue weighted by molar-refractivity contribution is 5.29. The Morgan fingerprint density at radius 1 is 1.38 bits per heavy atom. The molecule has 0 unspecified atom stereocenters. The summed E-state index contributed by atoms with van der Waals surface area (Å²) in [6.45, 7) is 7.24. The van der Waals surface area contributed by atoms with E-state index in [2.05, 4.69) is 31.1 Å². The van der Waals surface area contributed by atoms with Crippen LogP contribution in [0.5, 0.6) is 0 Å². The maximum Gasteiger partial charge on any atom is 0.123 e. The zero-order chi connectivity index (χ0) is 9.90. The molecule has 1 aromatic rings. The van der Waals surface area contributed by atoms with Crippen molar-refractivity contribution >= 4 is 5.82 Å². The van der Waals surface area contributed by atoms with Gasteiger partial charge in [-0.2, -0.15) is 0 Å². The maximum absolute atomic E-state index is 5.48. The lowest BCUT2D eigenvalue weighted by Gasteiger charge is -2.20. The highest BCUT2D eigenvalue weighted by atomic mass is 14.9. The molecule has 3 nitrogen and oxygen atoms in total. The summed E-state index contributed by atoms with van der Waals surface area (Å²) >= 11 is 0. The molecule has 0 aliphatic heterocycles. The van der Waals surface area contributed by atoms with Crippen molar-refractivity contribution in [1.82, 2.24) is 10.3 Å². The molecule has 1 aromatic heterocycles. The van der Waals surface area contributed by atoms with Crippen molar-refractivity contribution in [2.45, 2.75) is 32.9 Å². The monoisotopic (exact) mass is 179 g/mol. The van der Waals surface area contributed by atoms with Crippen molar-refractivity contribution in [2.75, 3.05) is 5.73 Å². The summed E-state index contributed by atoms with van der Waals surface area (Å²) < 4.78 is 0. The predicted molar refractivity (Wildman–Crippen MR) is 55.2 cm³/mol. The number of aromatic nitrogens is 1. The molecule has 3 N–H and O–H groups in total. The summed E-state index contributed by atoms with van der Waals surface area (Å²) in [4.78, 5) is 4.02. The van der Waals surface area contributed by atoms with Crippen LogP contribution in [0.2, 0.25) is 0 Å². The van der Waals surface area contributed by atoms with E-state index >= 15 is 0 Å². The first-order valence-corrected chi connectivity index (χ1v) is 4.43. The summed E-state index contributed by atoms with van der Waals surface area (Å²) in [5.41, 5.74) is 6.77. The Morgan fingerprint density at radius 3 is 2.54 bits per heavy atom. The summed E-state index contributed by atoms with van der Waals surface area (Å²) in [6.07, 6.45) is 1.80. The Balaban J connectivity index is 2.51. The molecule has 0 saturated heterocycles. The van der Waals surface area contributed by atoms with Gasteiger partial charge in [0, 0.05) is 18.3 Å². The lowest BCUT2D eigenvalue weighted by atomic mass is 10.1. The summed E-state index contributed by atoms with van der Waals surface area (Å²) in [7, 11) is 0. The number of pyridine rings is 1. The topological polar surface area (TPSA) is 50.9 Å². The fourth-order valence-corrected chi connectivity index (χ4v) is 0.908. The van der Waals surface area contributed by atoms with E-state index < -0.39 is 0 Å². The minimum atomic E-state index is 0.140. The number of rotatable bonds is 2. The molecule has 0 atom stereocenters. The Hall–Kier alpha value is -1.09. The average Bonchev–Trinajstić information content (AvgIpc) is 2.02. The van der Waals surface area contributed by atoms with Gasteiger partial charge in [0.05, 0.1) is 0 Å². The summed E-state index contributed by atoms with van der Waals surface area (Å²) in [5, 5.41) is 3.38. The minimum absolute atomic E-state index is 0.140. The molecule has 0 radical (unpaired) electrons. The SMILES string of the molecule is CC(C)(C)NCc1ccc(N)nc1. The number of hydrogen-bond donors (Lipinski definition) is 2. The third-order valence-corrected chi connectivity index (χ3v) is 1.67. The highest BCUT2D eigenvalue weighted by Gasteiger charge is 2.07. The molecule has 0 fully saturated rings. The number of anilines is 1. The van der Waals surface area contributed by atoms with Crippen LogP contribution in [0.1, 0.15) is 26.3 Å². The third-order valence-electron chi connectivity index (χ3n) is 1.67. The van der Waals surface area contributed by atoms with Crippen molar-refractivity contribution in [3.8, 4) is 0 Å². The van der Waals surface area contributed by atoms with Crippen molar-refractivity contribution in [3.63, 3.8) is 0 Å². The smallest absolute Gasteiger partial charge is 0.123 e. The highest BCUT2D eigenvalue weighted by Crippen LogP contribution is 2.04. The number of nitrogen functional groups attached to an aromatic ring is 1. The van der Waals surface area contributed by atoms with Crippen LogP contribution in [0.3, 0.4) is 0 Å². The number of nitrogens with one attached hydrogen (secondary N) is 1. The number of nitrogens with zero attached hydrogens (tertiary/aromatic N) is 1. The van der Waals surface area contributed by atoms with Crippen LogP contribution in [0.15, 0.2) is 18.3 Å².